The summed E-state index contributed by atoms with van der Waals surface area (Å²) in [5.74, 6) is -1.09. The fourth-order valence-corrected chi connectivity index (χ4v) is 3.07. The van der Waals surface area contributed by atoms with Gasteiger partial charge in [0, 0.05) is 10.7 Å². The summed E-state index contributed by atoms with van der Waals surface area (Å²) in [4.78, 5) is 26.2. The lowest BCUT2D eigenvalue weighted by molar-refractivity contribution is -0.138. The minimum atomic E-state index is -0.578. The van der Waals surface area contributed by atoms with Crippen LogP contribution in [0, 0.1) is 0 Å². The van der Waals surface area contributed by atoms with Crippen LogP contribution in [-0.2, 0) is 16.1 Å². The molecule has 4 rings (SSSR count). The summed E-state index contributed by atoms with van der Waals surface area (Å²) < 4.78 is 1.54. The predicted molar refractivity (Wildman–Crippen MR) is 105 cm³/mol. The number of rotatable bonds is 5. The van der Waals surface area contributed by atoms with Gasteiger partial charge in [0.15, 0.2) is 0 Å². The van der Waals surface area contributed by atoms with Crippen LogP contribution in [0.1, 0.15) is 5.69 Å². The van der Waals surface area contributed by atoms with Gasteiger partial charge in [0.2, 0.25) is 0 Å². The zero-order valence-corrected chi connectivity index (χ0v) is 15.9. The second-order valence-corrected chi connectivity index (χ2v) is 6.82. The van der Waals surface area contributed by atoms with Crippen molar-refractivity contribution in [3.05, 3.63) is 82.2 Å². The monoisotopic (exact) mass is 413 g/mol. The third-order valence-corrected chi connectivity index (χ3v) is 4.71. The van der Waals surface area contributed by atoms with Crippen LogP contribution in [0.25, 0.3) is 5.69 Å². The third-order valence-electron chi connectivity index (χ3n) is 4.11. The molecule has 0 fully saturated rings. The Hall–Kier alpha value is -3.16. The smallest absolute Gasteiger partial charge is 0.279 e. The maximum Gasteiger partial charge on any atom is 0.279 e. The van der Waals surface area contributed by atoms with Gasteiger partial charge in [-0.2, -0.15) is 0 Å². The lowest BCUT2D eigenvalue weighted by atomic mass is 10.3. The number of hydrogen-bond donors (Lipinski definition) is 1. The Morgan fingerprint density at radius 3 is 2.36 bits per heavy atom. The summed E-state index contributed by atoms with van der Waals surface area (Å²) in [6.07, 6.45) is 1.64. The molecule has 28 heavy (non-hydrogen) atoms. The van der Waals surface area contributed by atoms with Gasteiger partial charge in [-0.3, -0.25) is 14.5 Å². The largest absolute Gasteiger partial charge is 0.350 e. The number of hydrogen-bond acceptors (Lipinski definition) is 5. The lowest BCUT2D eigenvalue weighted by Gasteiger charge is -2.13. The van der Waals surface area contributed by atoms with Gasteiger partial charge in [0.25, 0.3) is 11.8 Å². The first-order valence-electron chi connectivity index (χ1n) is 8.28. The van der Waals surface area contributed by atoms with Crippen molar-refractivity contribution < 1.29 is 9.59 Å². The van der Waals surface area contributed by atoms with Gasteiger partial charge >= 0.3 is 0 Å². The zero-order valence-electron chi connectivity index (χ0n) is 14.3. The topological polar surface area (TPSA) is 80.1 Å². The van der Waals surface area contributed by atoms with Crippen LogP contribution in [0.2, 0.25) is 5.02 Å². The number of amides is 2. The van der Waals surface area contributed by atoms with Crippen LogP contribution in [0.15, 0.2) is 71.5 Å². The van der Waals surface area contributed by atoms with Crippen LogP contribution in [0.4, 0.5) is 5.69 Å². The standard InChI is InChI=1S/C19H13Cl2N5O2/c20-12-6-8-15(9-7-12)26-11-14(23-24-26)10-25-18(27)16(21)17(19(25)28)22-13-4-2-1-3-5-13/h1-9,11,22H,10H2. The van der Waals surface area contributed by atoms with Gasteiger partial charge in [0.1, 0.15) is 16.4 Å². The molecule has 3 aromatic rings. The number of para-hydroxylation sites is 1. The van der Waals surface area contributed by atoms with Gasteiger partial charge < -0.3 is 5.32 Å². The fourth-order valence-electron chi connectivity index (χ4n) is 2.72. The van der Waals surface area contributed by atoms with Crippen molar-refractivity contribution in [1.82, 2.24) is 19.9 Å². The van der Waals surface area contributed by atoms with Crippen molar-refractivity contribution in [2.24, 2.45) is 0 Å². The third kappa shape index (κ3) is 3.49. The minimum absolute atomic E-state index is 0.0402. The molecule has 0 bridgehead atoms. The van der Waals surface area contributed by atoms with E-state index < -0.39 is 11.8 Å². The van der Waals surface area contributed by atoms with Crippen LogP contribution in [0.5, 0.6) is 0 Å². The van der Waals surface area contributed by atoms with E-state index in [4.69, 9.17) is 23.2 Å². The summed E-state index contributed by atoms with van der Waals surface area (Å²) in [7, 11) is 0. The molecule has 140 valence electrons. The molecular formula is C19H13Cl2N5O2. The van der Waals surface area contributed by atoms with E-state index in [1.54, 1.807) is 42.6 Å². The van der Waals surface area contributed by atoms with Crippen molar-refractivity contribution in [3.63, 3.8) is 0 Å². The molecule has 1 N–H and O–H groups in total. The molecular weight excluding hydrogens is 401 g/mol. The molecule has 0 unspecified atom stereocenters. The van der Waals surface area contributed by atoms with Gasteiger partial charge in [-0.25, -0.2) is 4.68 Å². The maximum absolute atomic E-state index is 12.7. The molecule has 0 radical (unpaired) electrons. The molecule has 7 nitrogen and oxygen atoms in total. The maximum atomic E-state index is 12.7. The Morgan fingerprint density at radius 2 is 1.64 bits per heavy atom. The second kappa shape index (κ2) is 7.46. The normalized spacial score (nSPS) is 14.1. The summed E-state index contributed by atoms with van der Waals surface area (Å²) in [6.45, 7) is -0.0402. The molecule has 9 heteroatoms. The summed E-state index contributed by atoms with van der Waals surface area (Å²) in [5.41, 5.74) is 1.90. The molecule has 0 aliphatic carbocycles. The number of nitrogens with one attached hydrogen (secondary N) is 1. The van der Waals surface area contributed by atoms with Crippen molar-refractivity contribution in [2.75, 3.05) is 5.32 Å². The highest BCUT2D eigenvalue weighted by molar-refractivity contribution is 6.48. The second-order valence-electron chi connectivity index (χ2n) is 6.01. The van der Waals surface area contributed by atoms with Gasteiger partial charge in [-0.1, -0.05) is 46.6 Å². The van der Waals surface area contributed by atoms with Crippen molar-refractivity contribution in [3.8, 4) is 5.69 Å². The lowest BCUT2D eigenvalue weighted by Crippen LogP contribution is -2.32. The molecule has 2 amide bonds. The highest BCUT2D eigenvalue weighted by atomic mass is 35.5. The zero-order chi connectivity index (χ0) is 19.7. The molecule has 1 aliphatic heterocycles. The first kappa shape index (κ1) is 18.2. The van der Waals surface area contributed by atoms with E-state index >= 15 is 0 Å². The number of carbonyl (C=O) groups excluding carboxylic acids is 2. The highest BCUT2D eigenvalue weighted by Crippen LogP contribution is 2.26. The van der Waals surface area contributed by atoms with Crippen LogP contribution < -0.4 is 5.32 Å². The Kier molecular flexibility index (Phi) is 4.85. The highest BCUT2D eigenvalue weighted by Gasteiger charge is 2.38. The van der Waals surface area contributed by atoms with E-state index in [9.17, 15) is 9.59 Å². The van der Waals surface area contributed by atoms with Gasteiger partial charge in [-0.05, 0) is 36.4 Å². The van der Waals surface area contributed by atoms with E-state index in [1.807, 2.05) is 18.2 Å². The average molecular weight is 414 g/mol. The Bertz CT molecular complexity index is 1080. The van der Waals surface area contributed by atoms with E-state index in [0.29, 0.717) is 16.4 Å². The molecule has 2 heterocycles. The summed E-state index contributed by atoms with van der Waals surface area (Å²) in [5, 5.41) is 11.4. The number of carbonyl (C=O) groups is 2. The Balaban J connectivity index is 1.51. The van der Waals surface area contributed by atoms with Crippen LogP contribution in [0.3, 0.4) is 0 Å². The number of benzene rings is 2. The van der Waals surface area contributed by atoms with E-state index in [0.717, 1.165) is 10.6 Å². The van der Waals surface area contributed by atoms with E-state index in [1.165, 1.54) is 4.68 Å². The van der Waals surface area contributed by atoms with E-state index in [-0.39, 0.29) is 17.3 Å². The average Bonchev–Trinajstić information content (AvgIpc) is 3.25. The summed E-state index contributed by atoms with van der Waals surface area (Å²) in [6, 6.07) is 16.0. The van der Waals surface area contributed by atoms with Crippen LogP contribution >= 0.6 is 23.2 Å². The van der Waals surface area contributed by atoms with E-state index in [2.05, 4.69) is 15.6 Å². The molecule has 1 aromatic heterocycles. The Labute approximate surface area is 170 Å². The first-order chi connectivity index (χ1) is 13.5. The molecule has 0 spiro atoms. The molecule has 0 saturated carbocycles. The fraction of sp³-hybridized carbons (Fsp3) is 0.0526. The van der Waals surface area contributed by atoms with Gasteiger partial charge in [0.05, 0.1) is 18.4 Å². The first-order valence-corrected chi connectivity index (χ1v) is 9.04. The number of imide groups is 1. The molecule has 1 aliphatic rings. The number of halogens is 2. The molecule has 2 aromatic carbocycles. The number of nitrogens with zero attached hydrogens (tertiary/aromatic N) is 4. The quantitative estimate of drug-likeness (QED) is 0.648. The number of aromatic nitrogens is 3. The molecule has 0 atom stereocenters. The number of anilines is 1. The van der Waals surface area contributed by atoms with Crippen molar-refractivity contribution >= 4 is 40.7 Å². The van der Waals surface area contributed by atoms with Crippen molar-refractivity contribution in [2.45, 2.75) is 6.54 Å². The minimum Gasteiger partial charge on any atom is -0.350 e. The SMILES string of the molecule is O=C1C(Cl)=C(Nc2ccccc2)C(=O)N1Cc1cn(-c2ccc(Cl)cc2)nn1. The summed E-state index contributed by atoms with van der Waals surface area (Å²) >= 11 is 12.0. The molecule has 0 saturated heterocycles. The van der Waals surface area contributed by atoms with Crippen molar-refractivity contribution in [1.29, 1.82) is 0 Å². The predicted octanol–water partition coefficient (Wildman–Crippen LogP) is 3.35. The Morgan fingerprint density at radius 1 is 0.929 bits per heavy atom. The van der Waals surface area contributed by atoms with Crippen LogP contribution in [-0.4, -0.2) is 31.7 Å². The van der Waals surface area contributed by atoms with Gasteiger partial charge in [-0.15, -0.1) is 5.10 Å².